The van der Waals surface area contributed by atoms with Crippen LogP contribution < -0.4 is 10.1 Å². The summed E-state index contributed by atoms with van der Waals surface area (Å²) < 4.78 is 31.8. The van der Waals surface area contributed by atoms with E-state index in [-0.39, 0.29) is 23.3 Å². The zero-order valence-electron chi connectivity index (χ0n) is 20.7. The van der Waals surface area contributed by atoms with E-state index in [0.717, 1.165) is 16.8 Å². The van der Waals surface area contributed by atoms with Crippen molar-refractivity contribution >= 4 is 11.7 Å². The Kier molecular flexibility index (Phi) is 7.37. The number of rotatable bonds is 7. The third-order valence-electron chi connectivity index (χ3n) is 5.41. The van der Waals surface area contributed by atoms with Crippen molar-refractivity contribution in [1.29, 1.82) is 0 Å². The molecule has 1 N–H and O–H groups in total. The molecule has 2 aromatic carbocycles. The lowest BCUT2D eigenvalue weighted by Gasteiger charge is -2.44. The third-order valence-corrected chi connectivity index (χ3v) is 5.41. The van der Waals surface area contributed by atoms with E-state index in [2.05, 4.69) is 5.32 Å². The number of ether oxygens (including phenoxy) is 3. The summed E-state index contributed by atoms with van der Waals surface area (Å²) in [5.74, 6) is 0.185. The van der Waals surface area contributed by atoms with Crippen LogP contribution in [-0.4, -0.2) is 23.8 Å². The first-order chi connectivity index (χ1) is 15.3. The minimum atomic E-state index is -0.761. The maximum atomic E-state index is 13.2. The van der Waals surface area contributed by atoms with Crippen molar-refractivity contribution in [3.63, 3.8) is 0 Å². The zero-order chi connectivity index (χ0) is 24.4. The third kappa shape index (κ3) is 6.70. The molecule has 2 atom stereocenters. The molecule has 0 saturated heterocycles. The van der Waals surface area contributed by atoms with Gasteiger partial charge in [0, 0.05) is 17.8 Å². The van der Waals surface area contributed by atoms with E-state index in [0.29, 0.717) is 18.7 Å². The summed E-state index contributed by atoms with van der Waals surface area (Å²) in [5.41, 5.74) is 1.73. The number of nitrogens with one attached hydrogen (secondary N) is 1. The maximum Gasteiger partial charge on any atom is 0.306 e. The van der Waals surface area contributed by atoms with Gasteiger partial charge in [0.05, 0.1) is 12.5 Å². The highest BCUT2D eigenvalue weighted by Gasteiger charge is 2.48. The van der Waals surface area contributed by atoms with Gasteiger partial charge in [-0.05, 0) is 69.0 Å². The van der Waals surface area contributed by atoms with Gasteiger partial charge in [0.15, 0.2) is 6.10 Å². The largest absolute Gasteiger partial charge is 0.483 e. The second-order valence-electron chi connectivity index (χ2n) is 10.7. The molecule has 2 unspecified atom stereocenters. The Morgan fingerprint density at radius 2 is 1.82 bits per heavy atom. The molecule has 0 spiro atoms. The first-order valence-corrected chi connectivity index (χ1v) is 11.5. The highest BCUT2D eigenvalue weighted by atomic mass is 19.1. The molecule has 1 aliphatic rings. The van der Waals surface area contributed by atoms with Crippen LogP contribution in [-0.2, 0) is 20.8 Å². The van der Waals surface area contributed by atoms with E-state index < -0.39 is 17.8 Å². The van der Waals surface area contributed by atoms with Crippen molar-refractivity contribution in [2.75, 3.05) is 5.32 Å². The molecule has 0 bridgehead atoms. The van der Waals surface area contributed by atoms with Crippen molar-refractivity contribution in [2.24, 2.45) is 5.41 Å². The standard InChI is InChI=1S/C27H36FNO4/c1-17(2)31-24-21-14-20(29-16-18-8-10-19(28)11-9-18)12-13-22(21)33-27(6,7)25(24)32-23(30)15-26(3,4)5/h8-14,17,24-25,29H,15-16H2,1-7H3. The minimum absolute atomic E-state index is 0.0728. The van der Waals surface area contributed by atoms with Gasteiger partial charge in [-0.15, -0.1) is 0 Å². The molecule has 0 amide bonds. The lowest BCUT2D eigenvalue weighted by atomic mass is 9.87. The molecule has 3 rings (SSSR count). The number of anilines is 1. The molecular weight excluding hydrogens is 421 g/mol. The van der Waals surface area contributed by atoms with Crippen molar-refractivity contribution in [2.45, 2.75) is 85.3 Å². The van der Waals surface area contributed by atoms with Gasteiger partial charge in [-0.25, -0.2) is 4.39 Å². The average Bonchev–Trinajstić information content (AvgIpc) is 2.68. The molecule has 0 aliphatic carbocycles. The molecule has 0 saturated carbocycles. The molecular formula is C27H36FNO4. The van der Waals surface area contributed by atoms with E-state index in [1.165, 1.54) is 12.1 Å². The normalized spacial score (nSPS) is 19.5. The number of benzene rings is 2. The number of esters is 1. The van der Waals surface area contributed by atoms with Gasteiger partial charge in [0.25, 0.3) is 0 Å². The quantitative estimate of drug-likeness (QED) is 0.486. The van der Waals surface area contributed by atoms with Gasteiger partial charge < -0.3 is 19.5 Å². The Balaban J connectivity index is 1.87. The summed E-state index contributed by atoms with van der Waals surface area (Å²) in [6, 6.07) is 12.2. The summed E-state index contributed by atoms with van der Waals surface area (Å²) in [7, 11) is 0. The van der Waals surface area contributed by atoms with Crippen LogP contribution in [0.25, 0.3) is 0 Å². The number of carbonyl (C=O) groups is 1. The Bertz CT molecular complexity index is 963. The van der Waals surface area contributed by atoms with Crippen LogP contribution in [0.4, 0.5) is 10.1 Å². The van der Waals surface area contributed by atoms with E-state index >= 15 is 0 Å². The number of hydrogen-bond donors (Lipinski definition) is 1. The summed E-state index contributed by atoms with van der Waals surface area (Å²) in [6.45, 7) is 14.3. The predicted octanol–water partition coefficient (Wildman–Crippen LogP) is 6.42. The van der Waals surface area contributed by atoms with Gasteiger partial charge in [0.2, 0.25) is 0 Å². The first-order valence-electron chi connectivity index (χ1n) is 11.5. The first kappa shape index (κ1) is 25.0. The Labute approximate surface area is 196 Å². The number of carbonyl (C=O) groups excluding carboxylic acids is 1. The lowest BCUT2D eigenvalue weighted by molar-refractivity contribution is -0.190. The van der Waals surface area contributed by atoms with Gasteiger partial charge in [-0.3, -0.25) is 4.79 Å². The Morgan fingerprint density at radius 1 is 1.15 bits per heavy atom. The average molecular weight is 458 g/mol. The molecule has 2 aromatic rings. The molecule has 180 valence electrons. The van der Waals surface area contributed by atoms with Gasteiger partial charge in [0.1, 0.15) is 23.3 Å². The summed E-state index contributed by atoms with van der Waals surface area (Å²) in [6.07, 6.45) is -0.841. The maximum absolute atomic E-state index is 13.2. The smallest absolute Gasteiger partial charge is 0.306 e. The molecule has 33 heavy (non-hydrogen) atoms. The molecule has 0 fully saturated rings. The van der Waals surface area contributed by atoms with E-state index in [1.807, 2.05) is 66.7 Å². The SMILES string of the molecule is CC(C)OC1c2cc(NCc3ccc(F)cc3)ccc2OC(C)(C)C1OC(=O)CC(C)(C)C. The van der Waals surface area contributed by atoms with Crippen molar-refractivity contribution in [1.82, 2.24) is 0 Å². The van der Waals surface area contributed by atoms with Crippen LogP contribution in [0.3, 0.4) is 0 Å². The molecule has 6 heteroatoms. The zero-order valence-corrected chi connectivity index (χ0v) is 20.7. The Morgan fingerprint density at radius 3 is 2.42 bits per heavy atom. The van der Waals surface area contributed by atoms with E-state index in [4.69, 9.17) is 14.2 Å². The number of hydrogen-bond acceptors (Lipinski definition) is 5. The van der Waals surface area contributed by atoms with Crippen molar-refractivity contribution in [3.8, 4) is 5.75 Å². The fraction of sp³-hybridized carbons (Fsp3) is 0.519. The predicted molar refractivity (Wildman–Crippen MR) is 128 cm³/mol. The monoisotopic (exact) mass is 457 g/mol. The lowest BCUT2D eigenvalue weighted by Crippen LogP contribution is -2.52. The number of halogens is 1. The highest BCUT2D eigenvalue weighted by molar-refractivity contribution is 5.70. The fourth-order valence-electron chi connectivity index (χ4n) is 3.91. The number of fused-ring (bicyclic) bond motifs is 1. The van der Waals surface area contributed by atoms with Gasteiger partial charge in [-0.2, -0.15) is 0 Å². The fourth-order valence-corrected chi connectivity index (χ4v) is 3.91. The highest BCUT2D eigenvalue weighted by Crippen LogP contribution is 2.45. The molecule has 1 heterocycles. The van der Waals surface area contributed by atoms with Gasteiger partial charge in [-0.1, -0.05) is 32.9 Å². The van der Waals surface area contributed by atoms with E-state index in [1.54, 1.807) is 12.1 Å². The second kappa shape index (κ2) is 9.72. The molecule has 0 aromatic heterocycles. The minimum Gasteiger partial charge on any atom is -0.483 e. The van der Waals surface area contributed by atoms with Crippen LogP contribution in [0.1, 0.15) is 72.1 Å². The van der Waals surface area contributed by atoms with Crippen LogP contribution in [0.2, 0.25) is 0 Å². The Hall–Kier alpha value is -2.60. The summed E-state index contributed by atoms with van der Waals surface area (Å²) in [5, 5.41) is 3.37. The van der Waals surface area contributed by atoms with Crippen LogP contribution in [0.5, 0.6) is 5.75 Å². The summed E-state index contributed by atoms with van der Waals surface area (Å²) >= 11 is 0. The molecule has 5 nitrogen and oxygen atoms in total. The molecule has 0 radical (unpaired) electrons. The van der Waals surface area contributed by atoms with Crippen molar-refractivity contribution < 1.29 is 23.4 Å². The van der Waals surface area contributed by atoms with E-state index in [9.17, 15) is 9.18 Å². The topological polar surface area (TPSA) is 56.8 Å². The van der Waals surface area contributed by atoms with Crippen LogP contribution in [0.15, 0.2) is 42.5 Å². The second-order valence-corrected chi connectivity index (χ2v) is 10.7. The molecule has 1 aliphatic heterocycles. The van der Waals surface area contributed by atoms with Crippen molar-refractivity contribution in [3.05, 3.63) is 59.4 Å². The van der Waals surface area contributed by atoms with Gasteiger partial charge >= 0.3 is 5.97 Å². The summed E-state index contributed by atoms with van der Waals surface area (Å²) in [4.78, 5) is 12.7. The van der Waals surface area contributed by atoms with Crippen LogP contribution >= 0.6 is 0 Å². The van der Waals surface area contributed by atoms with Crippen LogP contribution in [0, 0.1) is 11.2 Å².